The zero-order chi connectivity index (χ0) is 25.5. The molecule has 2 unspecified atom stereocenters. The van der Waals surface area contributed by atoms with E-state index in [1.54, 1.807) is 18.2 Å². The number of amides is 2. The molecule has 0 bridgehead atoms. The number of carbonyl (C=O) groups is 3. The molecule has 186 valence electrons. The topological polar surface area (TPSA) is 95.9 Å². The summed E-state index contributed by atoms with van der Waals surface area (Å²) in [5.74, 6) is -2.33. The van der Waals surface area contributed by atoms with Gasteiger partial charge in [0.05, 0.1) is 12.5 Å². The Hall–Kier alpha value is -4.04. The maximum atomic E-state index is 14.0. The lowest BCUT2D eigenvalue weighted by Crippen LogP contribution is -2.43. The quantitative estimate of drug-likeness (QED) is 0.473. The van der Waals surface area contributed by atoms with Crippen LogP contribution in [0.2, 0.25) is 0 Å². The average molecular weight is 491 g/mol. The zero-order valence-corrected chi connectivity index (χ0v) is 19.6. The summed E-state index contributed by atoms with van der Waals surface area (Å²) in [5, 5.41) is 12.8. The van der Waals surface area contributed by atoms with Crippen LogP contribution in [0.5, 0.6) is 0 Å². The summed E-state index contributed by atoms with van der Waals surface area (Å²) in [6.45, 7) is -0.605. The minimum atomic E-state index is -1.04. The van der Waals surface area contributed by atoms with Gasteiger partial charge in [-0.25, -0.2) is 9.18 Å². The van der Waals surface area contributed by atoms with Crippen LogP contribution in [0.4, 0.5) is 10.1 Å². The first kappa shape index (κ1) is 25.1. The first-order valence-electron chi connectivity index (χ1n) is 11.7. The van der Waals surface area contributed by atoms with Crippen LogP contribution in [-0.2, 0) is 32.0 Å². The number of nitrogens with one attached hydrogen (secondary N) is 1. The smallest absolute Gasteiger partial charge is 0.329 e. The van der Waals surface area contributed by atoms with E-state index in [1.165, 1.54) is 23.1 Å². The van der Waals surface area contributed by atoms with Gasteiger partial charge in [-0.15, -0.1) is 0 Å². The largest absolute Gasteiger partial charge is 0.454 e. The second-order valence-corrected chi connectivity index (χ2v) is 8.70. The van der Waals surface area contributed by atoms with Gasteiger partial charge in [-0.3, -0.25) is 9.59 Å². The van der Waals surface area contributed by atoms with Crippen LogP contribution in [0, 0.1) is 5.82 Å². The number of esters is 1. The van der Waals surface area contributed by atoms with Crippen molar-refractivity contribution in [1.29, 1.82) is 0 Å². The Morgan fingerprint density at radius 2 is 1.61 bits per heavy atom. The Balaban J connectivity index is 1.34. The zero-order valence-electron chi connectivity index (χ0n) is 19.6. The molecule has 1 saturated heterocycles. The van der Waals surface area contributed by atoms with Crippen molar-refractivity contribution < 1.29 is 28.6 Å². The summed E-state index contributed by atoms with van der Waals surface area (Å²) in [4.78, 5) is 39.2. The maximum Gasteiger partial charge on any atom is 0.329 e. The van der Waals surface area contributed by atoms with Crippen molar-refractivity contribution in [3.63, 3.8) is 0 Å². The highest BCUT2D eigenvalue weighted by Crippen LogP contribution is 2.22. The van der Waals surface area contributed by atoms with Crippen LogP contribution < -0.4 is 5.32 Å². The molecule has 0 saturated carbocycles. The Morgan fingerprint density at radius 3 is 2.36 bits per heavy atom. The molecule has 2 amide bonds. The van der Waals surface area contributed by atoms with Gasteiger partial charge in [0.1, 0.15) is 11.9 Å². The number of likely N-dealkylation sites (tertiary alicyclic amines) is 1. The van der Waals surface area contributed by atoms with Crippen LogP contribution >= 0.6 is 0 Å². The SMILES string of the molecule is O=C(COC(=O)C1CC(O)CN1C(=O)Cc1ccccc1F)Nc1ccccc1Cc1ccccc1. The third-order valence-electron chi connectivity index (χ3n) is 6.05. The number of benzene rings is 3. The van der Waals surface area contributed by atoms with Gasteiger partial charge in [0.25, 0.3) is 5.91 Å². The Kier molecular flexibility index (Phi) is 8.07. The number of rotatable bonds is 8. The van der Waals surface area contributed by atoms with E-state index in [2.05, 4.69) is 5.32 Å². The number of carbonyl (C=O) groups excluding carboxylic acids is 3. The molecule has 0 aliphatic carbocycles. The molecular formula is C28H27FN2O5. The summed E-state index contributed by atoms with van der Waals surface area (Å²) in [5.41, 5.74) is 2.81. The van der Waals surface area contributed by atoms with Gasteiger partial charge >= 0.3 is 5.97 Å². The van der Waals surface area contributed by atoms with Crippen molar-refractivity contribution in [2.45, 2.75) is 31.4 Å². The number of anilines is 1. The summed E-state index contributed by atoms with van der Waals surface area (Å²) in [6.07, 6.45) is -0.549. The van der Waals surface area contributed by atoms with Crippen molar-refractivity contribution in [1.82, 2.24) is 4.90 Å². The fourth-order valence-electron chi connectivity index (χ4n) is 4.25. The minimum Gasteiger partial charge on any atom is -0.454 e. The number of para-hydroxylation sites is 1. The molecule has 2 atom stereocenters. The fourth-order valence-corrected chi connectivity index (χ4v) is 4.25. The number of ether oxygens (including phenoxy) is 1. The van der Waals surface area contributed by atoms with E-state index in [9.17, 15) is 23.9 Å². The summed E-state index contributed by atoms with van der Waals surface area (Å²) >= 11 is 0. The predicted octanol–water partition coefficient (Wildman–Crippen LogP) is 3.10. The molecule has 1 heterocycles. The monoisotopic (exact) mass is 490 g/mol. The van der Waals surface area contributed by atoms with Gasteiger partial charge < -0.3 is 20.1 Å². The number of halogens is 1. The van der Waals surface area contributed by atoms with Gasteiger partial charge in [-0.05, 0) is 35.2 Å². The maximum absolute atomic E-state index is 14.0. The lowest BCUT2D eigenvalue weighted by atomic mass is 10.0. The van der Waals surface area contributed by atoms with Crippen LogP contribution in [0.1, 0.15) is 23.1 Å². The van der Waals surface area contributed by atoms with E-state index in [0.29, 0.717) is 12.1 Å². The Bertz CT molecular complexity index is 1230. The van der Waals surface area contributed by atoms with E-state index >= 15 is 0 Å². The van der Waals surface area contributed by atoms with Gasteiger partial charge in [0, 0.05) is 18.7 Å². The highest BCUT2D eigenvalue weighted by molar-refractivity contribution is 5.94. The van der Waals surface area contributed by atoms with Gasteiger partial charge in [-0.1, -0.05) is 66.7 Å². The van der Waals surface area contributed by atoms with E-state index in [0.717, 1.165) is 11.1 Å². The normalized spacial score (nSPS) is 17.0. The lowest BCUT2D eigenvalue weighted by Gasteiger charge is -2.23. The summed E-state index contributed by atoms with van der Waals surface area (Å²) < 4.78 is 19.1. The summed E-state index contributed by atoms with van der Waals surface area (Å²) in [7, 11) is 0. The number of aliphatic hydroxyl groups excluding tert-OH is 1. The molecule has 3 aromatic carbocycles. The van der Waals surface area contributed by atoms with Gasteiger partial charge in [0.15, 0.2) is 6.61 Å². The molecule has 1 aliphatic heterocycles. The van der Waals surface area contributed by atoms with Crippen LogP contribution in [-0.4, -0.2) is 53.1 Å². The van der Waals surface area contributed by atoms with Crippen molar-refractivity contribution in [3.05, 3.63) is 101 Å². The van der Waals surface area contributed by atoms with Gasteiger partial charge in [0.2, 0.25) is 5.91 Å². The Labute approximate surface area is 208 Å². The lowest BCUT2D eigenvalue weighted by molar-refractivity contribution is -0.155. The third kappa shape index (κ3) is 6.34. The number of nitrogens with zero attached hydrogens (tertiary/aromatic N) is 1. The minimum absolute atomic E-state index is 0.0105. The first-order valence-corrected chi connectivity index (χ1v) is 11.7. The molecule has 0 spiro atoms. The number of aliphatic hydroxyl groups is 1. The number of hydrogen-bond donors (Lipinski definition) is 2. The van der Waals surface area contributed by atoms with E-state index in [1.807, 2.05) is 42.5 Å². The Morgan fingerprint density at radius 1 is 0.944 bits per heavy atom. The molecule has 0 radical (unpaired) electrons. The van der Waals surface area contributed by atoms with Crippen molar-refractivity contribution >= 4 is 23.5 Å². The molecule has 0 aromatic heterocycles. The van der Waals surface area contributed by atoms with Crippen LogP contribution in [0.15, 0.2) is 78.9 Å². The third-order valence-corrected chi connectivity index (χ3v) is 6.05. The van der Waals surface area contributed by atoms with E-state index in [-0.39, 0.29) is 24.9 Å². The molecule has 4 rings (SSSR count). The molecule has 7 nitrogen and oxygen atoms in total. The standard InChI is InChI=1S/C28H27FN2O5/c29-23-12-6-4-10-20(23)15-27(34)31-17-22(32)16-25(31)28(35)36-18-26(33)30-24-13-7-5-11-21(24)14-19-8-2-1-3-9-19/h1-13,22,25,32H,14-18H2,(H,30,33). The molecule has 1 fully saturated rings. The average Bonchev–Trinajstić information content (AvgIpc) is 3.28. The molecule has 2 N–H and O–H groups in total. The van der Waals surface area contributed by atoms with E-state index < -0.39 is 42.4 Å². The van der Waals surface area contributed by atoms with Crippen LogP contribution in [0.25, 0.3) is 0 Å². The highest BCUT2D eigenvalue weighted by atomic mass is 19.1. The first-order chi connectivity index (χ1) is 17.4. The molecule has 36 heavy (non-hydrogen) atoms. The van der Waals surface area contributed by atoms with E-state index in [4.69, 9.17) is 4.74 Å². The second-order valence-electron chi connectivity index (χ2n) is 8.70. The molecule has 3 aromatic rings. The molecular weight excluding hydrogens is 463 g/mol. The van der Waals surface area contributed by atoms with Crippen molar-refractivity contribution in [3.8, 4) is 0 Å². The van der Waals surface area contributed by atoms with Gasteiger partial charge in [-0.2, -0.15) is 0 Å². The van der Waals surface area contributed by atoms with Crippen molar-refractivity contribution in [2.75, 3.05) is 18.5 Å². The van der Waals surface area contributed by atoms with Crippen LogP contribution in [0.3, 0.4) is 0 Å². The number of β-amino-alcohol motifs (C(OH)–C–C–N with tert-alkyl or cyclic N) is 1. The number of hydrogen-bond acceptors (Lipinski definition) is 5. The second kappa shape index (κ2) is 11.6. The highest BCUT2D eigenvalue weighted by Gasteiger charge is 2.40. The summed E-state index contributed by atoms with van der Waals surface area (Å²) in [6, 6.07) is 22.0. The molecule has 8 heteroatoms. The van der Waals surface area contributed by atoms with Crippen molar-refractivity contribution in [2.24, 2.45) is 0 Å². The predicted molar refractivity (Wildman–Crippen MR) is 132 cm³/mol. The fraction of sp³-hybridized carbons (Fsp3) is 0.250. The molecule has 1 aliphatic rings.